The number of sulfonamides is 1. The molecule has 0 spiro atoms. The SMILES string of the molecule is COCCNS(=O)(=O)c1ccc(CNC(=O)C2CCC(N)C2)cc1. The molecule has 8 heteroatoms. The van der Waals surface area contributed by atoms with Crippen molar-refractivity contribution in [1.82, 2.24) is 10.0 Å². The Bertz CT molecular complexity index is 646. The van der Waals surface area contributed by atoms with Crippen molar-refractivity contribution in [2.75, 3.05) is 20.3 Å². The number of carbonyl (C=O) groups is 1. The zero-order chi connectivity index (χ0) is 17.6. The second-order valence-corrected chi connectivity index (χ2v) is 7.79. The van der Waals surface area contributed by atoms with Crippen LogP contribution < -0.4 is 15.8 Å². The molecule has 1 aromatic rings. The smallest absolute Gasteiger partial charge is 0.240 e. The van der Waals surface area contributed by atoms with Gasteiger partial charge in [-0.2, -0.15) is 0 Å². The van der Waals surface area contributed by atoms with Gasteiger partial charge in [0.25, 0.3) is 0 Å². The van der Waals surface area contributed by atoms with Gasteiger partial charge in [0.1, 0.15) is 0 Å². The Hall–Kier alpha value is -1.48. The molecular formula is C16H25N3O4S. The number of carbonyl (C=O) groups excluding carboxylic acids is 1. The van der Waals surface area contributed by atoms with Gasteiger partial charge in [0, 0.05) is 32.2 Å². The van der Waals surface area contributed by atoms with Gasteiger partial charge in [0.05, 0.1) is 11.5 Å². The third-order valence-corrected chi connectivity index (χ3v) is 5.62. The molecule has 0 aliphatic heterocycles. The number of benzene rings is 1. The fourth-order valence-electron chi connectivity index (χ4n) is 2.74. The molecule has 2 rings (SSSR count). The Kier molecular flexibility index (Phi) is 6.73. The van der Waals surface area contributed by atoms with Crippen LogP contribution in [0.25, 0.3) is 0 Å². The maximum Gasteiger partial charge on any atom is 0.240 e. The molecule has 2 unspecified atom stereocenters. The maximum atomic E-state index is 12.1. The minimum Gasteiger partial charge on any atom is -0.383 e. The molecule has 0 bridgehead atoms. The fourth-order valence-corrected chi connectivity index (χ4v) is 3.75. The summed E-state index contributed by atoms with van der Waals surface area (Å²) in [6.45, 7) is 0.913. The van der Waals surface area contributed by atoms with E-state index in [1.165, 1.54) is 19.2 Å². The Labute approximate surface area is 143 Å². The Morgan fingerprint density at radius 1 is 1.29 bits per heavy atom. The van der Waals surface area contributed by atoms with Crippen LogP contribution in [0.2, 0.25) is 0 Å². The molecule has 24 heavy (non-hydrogen) atoms. The number of nitrogens with two attached hydrogens (primary N) is 1. The van der Waals surface area contributed by atoms with E-state index in [9.17, 15) is 13.2 Å². The molecule has 1 amide bonds. The first kappa shape index (κ1) is 18.9. The summed E-state index contributed by atoms with van der Waals surface area (Å²) in [6.07, 6.45) is 2.45. The quantitative estimate of drug-likeness (QED) is 0.583. The first-order valence-corrected chi connectivity index (χ1v) is 9.51. The number of hydrogen-bond donors (Lipinski definition) is 3. The van der Waals surface area contributed by atoms with E-state index in [2.05, 4.69) is 10.0 Å². The lowest BCUT2D eigenvalue weighted by molar-refractivity contribution is -0.125. The van der Waals surface area contributed by atoms with Crippen molar-refractivity contribution in [3.05, 3.63) is 29.8 Å². The summed E-state index contributed by atoms with van der Waals surface area (Å²) in [5.41, 5.74) is 6.67. The Morgan fingerprint density at radius 2 is 2.00 bits per heavy atom. The Morgan fingerprint density at radius 3 is 2.58 bits per heavy atom. The van der Waals surface area contributed by atoms with Crippen molar-refractivity contribution in [2.45, 2.75) is 36.7 Å². The molecule has 2 atom stereocenters. The molecule has 1 fully saturated rings. The van der Waals surface area contributed by atoms with Crippen LogP contribution in [0.3, 0.4) is 0 Å². The zero-order valence-corrected chi connectivity index (χ0v) is 14.6. The summed E-state index contributed by atoms with van der Waals surface area (Å²) in [7, 11) is -2.02. The van der Waals surface area contributed by atoms with Crippen molar-refractivity contribution in [3.63, 3.8) is 0 Å². The van der Waals surface area contributed by atoms with E-state index in [1.54, 1.807) is 12.1 Å². The fraction of sp³-hybridized carbons (Fsp3) is 0.562. The maximum absolute atomic E-state index is 12.1. The van der Waals surface area contributed by atoms with E-state index in [4.69, 9.17) is 10.5 Å². The standard InChI is InChI=1S/C16H25N3O4S/c1-23-9-8-19-24(21,22)15-6-2-12(3-7-15)11-18-16(20)13-4-5-14(17)10-13/h2-3,6-7,13-14,19H,4-5,8-11,17H2,1H3,(H,18,20). The second-order valence-electron chi connectivity index (χ2n) is 6.02. The van der Waals surface area contributed by atoms with Gasteiger partial charge in [-0.05, 0) is 37.0 Å². The van der Waals surface area contributed by atoms with Gasteiger partial charge in [-0.25, -0.2) is 13.1 Å². The average molecular weight is 355 g/mol. The van der Waals surface area contributed by atoms with E-state index in [0.717, 1.165) is 24.8 Å². The normalized spacial score (nSPS) is 20.9. The van der Waals surface area contributed by atoms with Crippen molar-refractivity contribution in [2.24, 2.45) is 11.7 Å². The summed E-state index contributed by atoms with van der Waals surface area (Å²) in [5, 5.41) is 2.89. The van der Waals surface area contributed by atoms with Crippen LogP contribution in [0.1, 0.15) is 24.8 Å². The highest BCUT2D eigenvalue weighted by atomic mass is 32.2. The van der Waals surface area contributed by atoms with Gasteiger partial charge in [0.15, 0.2) is 0 Å². The van der Waals surface area contributed by atoms with Gasteiger partial charge < -0.3 is 15.8 Å². The minimum atomic E-state index is -3.53. The predicted octanol–water partition coefficient (Wildman–Crippen LogP) is 0.355. The van der Waals surface area contributed by atoms with Crippen LogP contribution in [0.4, 0.5) is 0 Å². The van der Waals surface area contributed by atoms with Gasteiger partial charge in [-0.15, -0.1) is 0 Å². The van der Waals surface area contributed by atoms with Crippen molar-refractivity contribution in [1.29, 1.82) is 0 Å². The molecule has 0 radical (unpaired) electrons. The first-order valence-electron chi connectivity index (χ1n) is 8.03. The molecule has 0 heterocycles. The van der Waals surface area contributed by atoms with Crippen molar-refractivity contribution in [3.8, 4) is 0 Å². The Balaban J connectivity index is 1.86. The molecule has 0 aromatic heterocycles. The minimum absolute atomic E-state index is 0.00960. The van der Waals surface area contributed by atoms with Gasteiger partial charge >= 0.3 is 0 Å². The molecule has 7 nitrogen and oxygen atoms in total. The molecule has 1 aliphatic carbocycles. The summed E-state index contributed by atoms with van der Waals surface area (Å²) in [6, 6.07) is 6.58. The lowest BCUT2D eigenvalue weighted by atomic mass is 10.1. The van der Waals surface area contributed by atoms with Crippen LogP contribution >= 0.6 is 0 Å². The summed E-state index contributed by atoms with van der Waals surface area (Å²) < 4.78 is 31.4. The second kappa shape index (κ2) is 8.57. The van der Waals surface area contributed by atoms with E-state index in [0.29, 0.717) is 13.2 Å². The third-order valence-electron chi connectivity index (χ3n) is 4.14. The van der Waals surface area contributed by atoms with Crippen molar-refractivity contribution >= 4 is 15.9 Å². The molecule has 4 N–H and O–H groups in total. The van der Waals surface area contributed by atoms with Gasteiger partial charge in [-0.1, -0.05) is 12.1 Å². The number of hydrogen-bond acceptors (Lipinski definition) is 5. The van der Waals surface area contributed by atoms with Crippen LogP contribution in [0.15, 0.2) is 29.2 Å². The monoisotopic (exact) mass is 355 g/mol. The summed E-state index contributed by atoms with van der Waals surface area (Å²) in [4.78, 5) is 12.2. The average Bonchev–Trinajstić information content (AvgIpc) is 3.00. The van der Waals surface area contributed by atoms with Crippen molar-refractivity contribution < 1.29 is 17.9 Å². The van der Waals surface area contributed by atoms with E-state index in [1.807, 2.05) is 0 Å². The molecular weight excluding hydrogens is 330 g/mol. The lowest BCUT2D eigenvalue weighted by Crippen LogP contribution is -2.30. The number of ether oxygens (including phenoxy) is 1. The van der Waals surface area contributed by atoms with Crippen LogP contribution in [-0.2, 0) is 26.1 Å². The molecule has 134 valence electrons. The molecule has 1 aromatic carbocycles. The third kappa shape index (κ3) is 5.27. The molecule has 1 saturated carbocycles. The zero-order valence-electron chi connectivity index (χ0n) is 13.8. The van der Waals surface area contributed by atoms with Crippen LogP contribution in [0.5, 0.6) is 0 Å². The van der Waals surface area contributed by atoms with E-state index >= 15 is 0 Å². The van der Waals surface area contributed by atoms with E-state index < -0.39 is 10.0 Å². The largest absolute Gasteiger partial charge is 0.383 e. The highest BCUT2D eigenvalue weighted by Gasteiger charge is 2.27. The van der Waals surface area contributed by atoms with E-state index in [-0.39, 0.29) is 29.3 Å². The summed E-state index contributed by atoms with van der Waals surface area (Å²) >= 11 is 0. The van der Waals surface area contributed by atoms with Gasteiger partial charge in [-0.3, -0.25) is 4.79 Å². The number of rotatable bonds is 8. The topological polar surface area (TPSA) is 111 Å². The summed E-state index contributed by atoms with van der Waals surface area (Å²) in [5.74, 6) is 0.00511. The number of methoxy groups -OCH3 is 1. The molecule has 0 saturated heterocycles. The first-order chi connectivity index (χ1) is 11.4. The molecule has 1 aliphatic rings. The predicted molar refractivity (Wildman–Crippen MR) is 90.7 cm³/mol. The van der Waals surface area contributed by atoms with Gasteiger partial charge in [0.2, 0.25) is 15.9 Å². The van der Waals surface area contributed by atoms with Crippen LogP contribution in [-0.4, -0.2) is 40.6 Å². The number of amides is 1. The highest BCUT2D eigenvalue weighted by Crippen LogP contribution is 2.24. The lowest BCUT2D eigenvalue weighted by Gasteiger charge is -2.11. The highest BCUT2D eigenvalue weighted by molar-refractivity contribution is 7.89. The van der Waals surface area contributed by atoms with Crippen LogP contribution in [0, 0.1) is 5.92 Å². The number of nitrogens with one attached hydrogen (secondary N) is 2.